The number of fused-ring (bicyclic) bond motifs is 1. The van der Waals surface area contributed by atoms with Crippen LogP contribution in [0.3, 0.4) is 0 Å². The number of hydrogen-bond donors (Lipinski definition) is 1. The Kier molecular flexibility index (Phi) is 5.84. The number of carbonyl (C=O) groups is 1. The highest BCUT2D eigenvalue weighted by molar-refractivity contribution is 6.31. The number of rotatable bonds is 4. The molecule has 0 spiro atoms. The normalized spacial score (nSPS) is 14.8. The summed E-state index contributed by atoms with van der Waals surface area (Å²) in [4.78, 5) is 12.0. The molecule has 9 heteroatoms. The summed E-state index contributed by atoms with van der Waals surface area (Å²) in [5.41, 5.74) is -0.698. The standard InChI is InChI=1S/C18H18ClF3N4O/c19-14-7-5-12(10-13(14)18(20,21)22)6-8-17(27)23-11-16-25-24-15-4-2-1-3-9-26(15)16/h5-8,10H,1-4,9,11H2,(H,23,27)/b8-6+. The lowest BCUT2D eigenvalue weighted by Crippen LogP contribution is -2.23. The van der Waals surface area contributed by atoms with E-state index < -0.39 is 17.6 Å². The first-order chi connectivity index (χ1) is 12.8. The van der Waals surface area contributed by atoms with Crippen molar-refractivity contribution in [2.75, 3.05) is 0 Å². The Bertz CT molecular complexity index is 861. The van der Waals surface area contributed by atoms with Crippen LogP contribution in [0.4, 0.5) is 13.2 Å². The molecule has 27 heavy (non-hydrogen) atoms. The van der Waals surface area contributed by atoms with Crippen molar-refractivity contribution < 1.29 is 18.0 Å². The first-order valence-electron chi connectivity index (χ1n) is 8.58. The van der Waals surface area contributed by atoms with Crippen molar-refractivity contribution in [2.24, 2.45) is 0 Å². The molecule has 5 nitrogen and oxygen atoms in total. The van der Waals surface area contributed by atoms with E-state index in [0.717, 1.165) is 50.2 Å². The van der Waals surface area contributed by atoms with Crippen molar-refractivity contribution in [3.05, 3.63) is 52.1 Å². The Balaban J connectivity index is 1.62. The van der Waals surface area contributed by atoms with E-state index in [1.807, 2.05) is 4.57 Å². The van der Waals surface area contributed by atoms with E-state index in [9.17, 15) is 18.0 Å². The largest absolute Gasteiger partial charge is 0.417 e. The SMILES string of the molecule is O=C(/C=C/c1ccc(Cl)c(C(F)(F)F)c1)NCc1nnc2n1CCCCC2. The highest BCUT2D eigenvalue weighted by Gasteiger charge is 2.33. The molecule has 0 aliphatic carbocycles. The third-order valence-corrected chi connectivity index (χ3v) is 4.66. The molecule has 1 aromatic heterocycles. The first kappa shape index (κ1) is 19.4. The molecule has 0 saturated heterocycles. The maximum atomic E-state index is 12.9. The second kappa shape index (κ2) is 8.12. The number of benzene rings is 1. The summed E-state index contributed by atoms with van der Waals surface area (Å²) >= 11 is 5.58. The van der Waals surface area contributed by atoms with Gasteiger partial charge in [-0.3, -0.25) is 4.79 Å². The third kappa shape index (κ3) is 4.88. The average molecular weight is 399 g/mol. The smallest absolute Gasteiger partial charge is 0.345 e. The van der Waals surface area contributed by atoms with Crippen LogP contribution in [0.15, 0.2) is 24.3 Å². The molecule has 1 N–H and O–H groups in total. The zero-order valence-corrected chi connectivity index (χ0v) is 15.1. The zero-order valence-electron chi connectivity index (χ0n) is 14.4. The molecular weight excluding hydrogens is 381 g/mol. The molecule has 0 atom stereocenters. The topological polar surface area (TPSA) is 59.8 Å². The van der Waals surface area contributed by atoms with Gasteiger partial charge in [-0.15, -0.1) is 10.2 Å². The molecule has 0 saturated carbocycles. The molecule has 2 heterocycles. The highest BCUT2D eigenvalue weighted by Crippen LogP contribution is 2.35. The molecular formula is C18H18ClF3N4O. The number of nitrogens with zero attached hydrogens (tertiary/aromatic N) is 3. The first-order valence-corrected chi connectivity index (χ1v) is 8.96. The summed E-state index contributed by atoms with van der Waals surface area (Å²) in [6.45, 7) is 1.04. The fourth-order valence-electron chi connectivity index (χ4n) is 2.94. The Hall–Kier alpha value is -2.35. The Morgan fingerprint density at radius 3 is 2.85 bits per heavy atom. The number of carbonyl (C=O) groups excluding carboxylic acids is 1. The molecule has 2 aromatic rings. The molecule has 1 amide bonds. The van der Waals surface area contributed by atoms with Gasteiger partial charge in [0.1, 0.15) is 5.82 Å². The van der Waals surface area contributed by atoms with Gasteiger partial charge in [0, 0.05) is 19.0 Å². The summed E-state index contributed by atoms with van der Waals surface area (Å²) < 4.78 is 40.6. The number of aromatic nitrogens is 3. The minimum absolute atomic E-state index is 0.213. The van der Waals surface area contributed by atoms with Crippen LogP contribution in [0.5, 0.6) is 0 Å². The van der Waals surface area contributed by atoms with Crippen LogP contribution in [0.2, 0.25) is 5.02 Å². The minimum Gasteiger partial charge on any atom is -0.345 e. The monoisotopic (exact) mass is 398 g/mol. The average Bonchev–Trinajstić information content (AvgIpc) is 2.84. The fourth-order valence-corrected chi connectivity index (χ4v) is 3.16. The second-order valence-electron chi connectivity index (χ2n) is 6.28. The lowest BCUT2D eigenvalue weighted by molar-refractivity contribution is -0.137. The van der Waals surface area contributed by atoms with Crippen molar-refractivity contribution in [1.29, 1.82) is 0 Å². The maximum Gasteiger partial charge on any atom is 0.417 e. The zero-order chi connectivity index (χ0) is 19.4. The molecule has 144 valence electrons. The van der Waals surface area contributed by atoms with Gasteiger partial charge in [0.05, 0.1) is 17.1 Å². The number of aryl methyl sites for hydroxylation is 1. The maximum absolute atomic E-state index is 12.9. The molecule has 3 rings (SSSR count). The summed E-state index contributed by atoms with van der Waals surface area (Å²) in [6.07, 6.45) is 2.08. The number of hydrogen-bond acceptors (Lipinski definition) is 3. The van der Waals surface area contributed by atoms with Crippen LogP contribution in [0.25, 0.3) is 6.08 Å². The number of halogens is 4. The molecule has 1 aromatic carbocycles. The molecule has 1 aliphatic heterocycles. The van der Waals surface area contributed by atoms with Gasteiger partial charge in [0.25, 0.3) is 0 Å². The second-order valence-corrected chi connectivity index (χ2v) is 6.69. The van der Waals surface area contributed by atoms with Gasteiger partial charge in [0.2, 0.25) is 5.91 Å². The van der Waals surface area contributed by atoms with Gasteiger partial charge in [-0.2, -0.15) is 13.2 Å². The Morgan fingerprint density at radius 1 is 1.26 bits per heavy atom. The van der Waals surface area contributed by atoms with Crippen LogP contribution in [0, 0.1) is 0 Å². The van der Waals surface area contributed by atoms with Gasteiger partial charge in [0.15, 0.2) is 5.82 Å². The van der Waals surface area contributed by atoms with E-state index in [2.05, 4.69) is 15.5 Å². The van der Waals surface area contributed by atoms with Gasteiger partial charge < -0.3 is 9.88 Å². The van der Waals surface area contributed by atoms with Crippen LogP contribution in [-0.2, 0) is 30.5 Å². The van der Waals surface area contributed by atoms with E-state index in [4.69, 9.17) is 11.6 Å². The number of nitrogens with one attached hydrogen (secondary N) is 1. The van der Waals surface area contributed by atoms with Crippen LogP contribution in [0.1, 0.15) is 42.0 Å². The lowest BCUT2D eigenvalue weighted by atomic mass is 10.1. The quantitative estimate of drug-likeness (QED) is 0.792. The third-order valence-electron chi connectivity index (χ3n) is 4.33. The minimum atomic E-state index is -4.55. The van der Waals surface area contributed by atoms with E-state index in [0.29, 0.717) is 5.82 Å². The Morgan fingerprint density at radius 2 is 2.07 bits per heavy atom. The predicted octanol–water partition coefficient (Wildman–Crippen LogP) is 4.01. The highest BCUT2D eigenvalue weighted by atomic mass is 35.5. The van der Waals surface area contributed by atoms with Crippen molar-refractivity contribution in [3.63, 3.8) is 0 Å². The molecule has 0 unspecified atom stereocenters. The Labute approximate surface area is 159 Å². The predicted molar refractivity (Wildman–Crippen MR) is 94.9 cm³/mol. The van der Waals surface area contributed by atoms with Crippen LogP contribution >= 0.6 is 11.6 Å². The van der Waals surface area contributed by atoms with Crippen molar-refractivity contribution >= 4 is 23.6 Å². The van der Waals surface area contributed by atoms with Gasteiger partial charge >= 0.3 is 6.18 Å². The van der Waals surface area contributed by atoms with E-state index in [1.54, 1.807) is 0 Å². The summed E-state index contributed by atoms with van der Waals surface area (Å²) in [6, 6.07) is 3.48. The summed E-state index contributed by atoms with van der Waals surface area (Å²) in [5, 5.41) is 10.6. The molecule has 0 radical (unpaired) electrons. The summed E-state index contributed by atoms with van der Waals surface area (Å²) in [5.74, 6) is 1.18. The van der Waals surface area contributed by atoms with Crippen molar-refractivity contribution in [2.45, 2.75) is 44.9 Å². The van der Waals surface area contributed by atoms with Gasteiger partial charge in [-0.25, -0.2) is 0 Å². The van der Waals surface area contributed by atoms with E-state index in [1.165, 1.54) is 18.2 Å². The number of amides is 1. The molecule has 0 bridgehead atoms. The van der Waals surface area contributed by atoms with Gasteiger partial charge in [-0.1, -0.05) is 24.1 Å². The fraction of sp³-hybridized carbons (Fsp3) is 0.389. The van der Waals surface area contributed by atoms with Crippen LogP contribution < -0.4 is 5.32 Å². The van der Waals surface area contributed by atoms with Crippen LogP contribution in [-0.4, -0.2) is 20.7 Å². The van der Waals surface area contributed by atoms with E-state index >= 15 is 0 Å². The molecule has 0 fully saturated rings. The lowest BCUT2D eigenvalue weighted by Gasteiger charge is -2.09. The van der Waals surface area contributed by atoms with Gasteiger partial charge in [-0.05, 0) is 36.6 Å². The van der Waals surface area contributed by atoms with E-state index in [-0.39, 0.29) is 17.1 Å². The summed E-state index contributed by atoms with van der Waals surface area (Å²) in [7, 11) is 0. The van der Waals surface area contributed by atoms with Crippen molar-refractivity contribution in [1.82, 2.24) is 20.1 Å². The molecule has 1 aliphatic rings. The number of alkyl halides is 3. The van der Waals surface area contributed by atoms with Crippen molar-refractivity contribution in [3.8, 4) is 0 Å².